The molecule has 0 aliphatic carbocycles. The summed E-state index contributed by atoms with van der Waals surface area (Å²) in [6.45, 7) is 2.29. The van der Waals surface area contributed by atoms with Gasteiger partial charge < -0.3 is 4.74 Å². The molecule has 0 saturated heterocycles. The van der Waals surface area contributed by atoms with E-state index in [1.54, 1.807) is 12.1 Å². The molecule has 0 unspecified atom stereocenters. The lowest BCUT2D eigenvalue weighted by molar-refractivity contribution is -0.133. The predicted molar refractivity (Wildman–Crippen MR) is 130 cm³/mol. The highest BCUT2D eigenvalue weighted by atomic mass is 16.5. The Labute approximate surface area is 186 Å². The number of hydrogen-bond acceptors (Lipinski definition) is 2. The van der Waals surface area contributed by atoms with E-state index >= 15 is 0 Å². The Morgan fingerprint density at radius 3 is 1.63 bits per heavy atom. The van der Waals surface area contributed by atoms with E-state index in [0.717, 1.165) is 6.42 Å². The number of ether oxygens (including phenoxy) is 1. The van der Waals surface area contributed by atoms with Crippen molar-refractivity contribution in [2.45, 2.75) is 122 Å². The molecule has 0 aromatic heterocycles. The van der Waals surface area contributed by atoms with Gasteiger partial charge in [0.2, 0.25) is 0 Å². The van der Waals surface area contributed by atoms with Gasteiger partial charge in [-0.3, -0.25) is 4.79 Å². The third-order valence-corrected chi connectivity index (χ3v) is 5.65. The summed E-state index contributed by atoms with van der Waals surface area (Å²) >= 11 is 0. The lowest BCUT2D eigenvalue weighted by Gasteiger charge is -2.03. The van der Waals surface area contributed by atoms with Crippen LogP contribution < -0.4 is 4.74 Å². The van der Waals surface area contributed by atoms with Crippen molar-refractivity contribution in [2.75, 3.05) is 0 Å². The van der Waals surface area contributed by atoms with Crippen molar-refractivity contribution in [3.8, 4) is 5.75 Å². The van der Waals surface area contributed by atoms with Crippen molar-refractivity contribution in [3.63, 3.8) is 0 Å². The molecule has 0 aliphatic rings. The van der Waals surface area contributed by atoms with Crippen molar-refractivity contribution >= 4 is 5.97 Å². The van der Waals surface area contributed by atoms with Gasteiger partial charge in [-0.2, -0.15) is 0 Å². The third-order valence-electron chi connectivity index (χ3n) is 5.65. The van der Waals surface area contributed by atoms with E-state index in [4.69, 9.17) is 4.74 Å². The molecule has 1 aromatic carbocycles. The van der Waals surface area contributed by atoms with Crippen molar-refractivity contribution in [3.05, 3.63) is 42.5 Å². The van der Waals surface area contributed by atoms with Crippen molar-refractivity contribution in [1.82, 2.24) is 0 Å². The zero-order valence-electron chi connectivity index (χ0n) is 19.6. The molecule has 0 bridgehead atoms. The van der Waals surface area contributed by atoms with E-state index in [1.165, 1.54) is 103 Å². The van der Waals surface area contributed by atoms with Crippen molar-refractivity contribution in [1.29, 1.82) is 0 Å². The van der Waals surface area contributed by atoms with Gasteiger partial charge in [-0.15, -0.1) is 0 Å². The molecule has 0 N–H and O–H groups in total. The Hall–Kier alpha value is -1.57. The number of carbonyl (C=O) groups is 1. The average molecular weight is 415 g/mol. The van der Waals surface area contributed by atoms with Gasteiger partial charge in [0.1, 0.15) is 5.75 Å². The van der Waals surface area contributed by atoms with E-state index in [9.17, 15) is 4.79 Å². The molecular weight excluding hydrogens is 368 g/mol. The first-order valence-corrected chi connectivity index (χ1v) is 12.7. The average Bonchev–Trinajstić information content (AvgIpc) is 2.76. The maximum atomic E-state index is 11.7. The molecule has 0 aliphatic heterocycles. The summed E-state index contributed by atoms with van der Waals surface area (Å²) in [5, 5.41) is 0. The maximum absolute atomic E-state index is 11.7. The van der Waals surface area contributed by atoms with Gasteiger partial charge in [0.25, 0.3) is 0 Å². The van der Waals surface area contributed by atoms with Gasteiger partial charge >= 0.3 is 5.97 Å². The Bertz CT molecular complexity index is 521. The largest absolute Gasteiger partial charge is 0.426 e. The Kier molecular flexibility index (Phi) is 18.3. The highest BCUT2D eigenvalue weighted by molar-refractivity contribution is 5.73. The predicted octanol–water partition coefficient (Wildman–Crippen LogP) is 9.19. The van der Waals surface area contributed by atoms with E-state index in [0.29, 0.717) is 12.2 Å². The minimum atomic E-state index is -0.190. The molecule has 0 fully saturated rings. The fourth-order valence-electron chi connectivity index (χ4n) is 3.77. The van der Waals surface area contributed by atoms with Gasteiger partial charge in [0, 0.05) is 0 Å². The normalized spacial score (nSPS) is 11.2. The molecular formula is C28H46O2. The summed E-state index contributed by atoms with van der Waals surface area (Å²) < 4.78 is 5.26. The quantitative estimate of drug-likeness (QED) is 0.0919. The van der Waals surface area contributed by atoms with Crippen LogP contribution in [0.15, 0.2) is 42.5 Å². The number of esters is 1. The molecule has 30 heavy (non-hydrogen) atoms. The molecule has 0 atom stereocenters. The number of rotatable bonds is 20. The Morgan fingerprint density at radius 2 is 1.13 bits per heavy atom. The zero-order chi connectivity index (χ0) is 21.5. The van der Waals surface area contributed by atoms with Gasteiger partial charge in [-0.25, -0.2) is 0 Å². The van der Waals surface area contributed by atoms with Gasteiger partial charge in [0.05, 0.1) is 6.42 Å². The molecule has 0 amide bonds. The van der Waals surface area contributed by atoms with Crippen LogP contribution in [-0.2, 0) is 4.79 Å². The van der Waals surface area contributed by atoms with Crippen LogP contribution in [0.4, 0.5) is 0 Å². The third kappa shape index (κ3) is 17.3. The summed E-state index contributed by atoms with van der Waals surface area (Å²) in [5.41, 5.74) is 0. The van der Waals surface area contributed by atoms with Crippen LogP contribution in [0.1, 0.15) is 122 Å². The summed E-state index contributed by atoms with van der Waals surface area (Å²) in [6.07, 6.45) is 27.9. The second-order valence-corrected chi connectivity index (χ2v) is 8.55. The molecule has 170 valence electrons. The SMILES string of the molecule is CCCCCCCCCCCCCCCCCCC=CCC(=O)Oc1ccccc1. The van der Waals surface area contributed by atoms with Crippen LogP contribution in [0, 0.1) is 0 Å². The summed E-state index contributed by atoms with van der Waals surface area (Å²) in [7, 11) is 0. The fraction of sp³-hybridized carbons (Fsp3) is 0.679. The van der Waals surface area contributed by atoms with E-state index in [2.05, 4.69) is 13.0 Å². The maximum Gasteiger partial charge on any atom is 0.315 e. The van der Waals surface area contributed by atoms with Crippen LogP contribution >= 0.6 is 0 Å². The van der Waals surface area contributed by atoms with E-state index in [1.807, 2.05) is 24.3 Å². The second kappa shape index (κ2) is 20.7. The van der Waals surface area contributed by atoms with Crippen LogP contribution in [0.25, 0.3) is 0 Å². The summed E-state index contributed by atoms with van der Waals surface area (Å²) in [6, 6.07) is 9.26. The first kappa shape index (κ1) is 26.5. The minimum Gasteiger partial charge on any atom is -0.426 e. The molecule has 1 rings (SSSR count). The minimum absolute atomic E-state index is 0.190. The van der Waals surface area contributed by atoms with Crippen LogP contribution in [0.2, 0.25) is 0 Å². The van der Waals surface area contributed by atoms with Crippen LogP contribution in [0.3, 0.4) is 0 Å². The zero-order valence-corrected chi connectivity index (χ0v) is 19.6. The number of allylic oxidation sites excluding steroid dienone is 1. The van der Waals surface area contributed by atoms with E-state index in [-0.39, 0.29) is 5.97 Å². The Balaban J connectivity index is 1.77. The van der Waals surface area contributed by atoms with Gasteiger partial charge in [-0.1, -0.05) is 134 Å². The lowest BCUT2D eigenvalue weighted by atomic mass is 10.0. The first-order valence-electron chi connectivity index (χ1n) is 12.7. The molecule has 0 spiro atoms. The number of hydrogen-bond donors (Lipinski definition) is 0. The summed E-state index contributed by atoms with van der Waals surface area (Å²) in [5.74, 6) is 0.429. The monoisotopic (exact) mass is 414 g/mol. The standard InChI is InChI=1S/C28H46O2/c1-2-3-4-5-6-7-8-9-10-11-12-13-14-15-16-17-18-19-23-26-28(29)30-27-24-21-20-22-25-27/h19-25H,2-18,26H2,1H3. The second-order valence-electron chi connectivity index (χ2n) is 8.55. The van der Waals surface area contributed by atoms with Gasteiger partial charge in [-0.05, 0) is 25.0 Å². The highest BCUT2D eigenvalue weighted by Gasteiger charge is 2.01. The molecule has 0 radical (unpaired) electrons. The molecule has 0 heterocycles. The first-order chi connectivity index (χ1) is 14.8. The van der Waals surface area contributed by atoms with Crippen molar-refractivity contribution < 1.29 is 9.53 Å². The number of carbonyl (C=O) groups excluding carboxylic acids is 1. The van der Waals surface area contributed by atoms with E-state index < -0.39 is 0 Å². The number of para-hydroxylation sites is 1. The van der Waals surface area contributed by atoms with Crippen LogP contribution in [-0.4, -0.2) is 5.97 Å². The highest BCUT2D eigenvalue weighted by Crippen LogP contribution is 2.14. The lowest BCUT2D eigenvalue weighted by Crippen LogP contribution is -2.05. The Morgan fingerprint density at radius 1 is 0.667 bits per heavy atom. The number of benzene rings is 1. The molecule has 1 aromatic rings. The molecule has 2 heteroatoms. The summed E-state index contributed by atoms with van der Waals surface area (Å²) in [4.78, 5) is 11.7. The molecule has 0 saturated carbocycles. The topological polar surface area (TPSA) is 26.3 Å². The van der Waals surface area contributed by atoms with Crippen molar-refractivity contribution in [2.24, 2.45) is 0 Å². The van der Waals surface area contributed by atoms with Gasteiger partial charge in [0.15, 0.2) is 0 Å². The smallest absolute Gasteiger partial charge is 0.315 e. The number of unbranched alkanes of at least 4 members (excludes halogenated alkanes) is 16. The molecule has 2 nitrogen and oxygen atoms in total. The fourth-order valence-corrected chi connectivity index (χ4v) is 3.77. The van der Waals surface area contributed by atoms with Crippen LogP contribution in [0.5, 0.6) is 5.75 Å².